The van der Waals surface area contributed by atoms with Crippen LogP contribution in [0.4, 0.5) is 0 Å². The number of rotatable bonds is 1. The molecule has 0 aromatic heterocycles. The van der Waals surface area contributed by atoms with Crippen molar-refractivity contribution in [1.82, 2.24) is 0 Å². The molecule has 3 rings (SSSR count). The van der Waals surface area contributed by atoms with Crippen LogP contribution in [-0.2, 0) is 0 Å². The minimum atomic E-state index is 0.708. The Morgan fingerprint density at radius 1 is 1.00 bits per heavy atom. The van der Waals surface area contributed by atoms with Gasteiger partial charge < -0.3 is 0 Å². The minimum absolute atomic E-state index is 0.708. The SMILES string of the molecule is C=CC1CCCC2=C1CC1=C2CCCC1. The average Bonchev–Trinajstić information content (AvgIpc) is 2.67. The second-order valence-electron chi connectivity index (χ2n) is 5.20. The highest BCUT2D eigenvalue weighted by Gasteiger charge is 2.31. The Morgan fingerprint density at radius 3 is 2.67 bits per heavy atom. The van der Waals surface area contributed by atoms with E-state index in [0.717, 1.165) is 0 Å². The maximum atomic E-state index is 4.01. The van der Waals surface area contributed by atoms with Crippen LogP contribution in [0.15, 0.2) is 34.9 Å². The van der Waals surface area contributed by atoms with Gasteiger partial charge in [-0.25, -0.2) is 0 Å². The molecule has 1 atom stereocenters. The zero-order chi connectivity index (χ0) is 10.3. The van der Waals surface area contributed by atoms with Crippen LogP contribution in [0.5, 0.6) is 0 Å². The molecule has 3 aliphatic carbocycles. The van der Waals surface area contributed by atoms with Crippen molar-refractivity contribution < 1.29 is 0 Å². The van der Waals surface area contributed by atoms with E-state index in [-0.39, 0.29) is 0 Å². The van der Waals surface area contributed by atoms with Crippen LogP contribution >= 0.6 is 0 Å². The van der Waals surface area contributed by atoms with Crippen LogP contribution in [0.25, 0.3) is 0 Å². The topological polar surface area (TPSA) is 0 Å². The number of hydrogen-bond donors (Lipinski definition) is 0. The Bertz CT molecular complexity index is 354. The molecule has 0 fully saturated rings. The van der Waals surface area contributed by atoms with E-state index < -0.39 is 0 Å². The van der Waals surface area contributed by atoms with E-state index in [9.17, 15) is 0 Å². The lowest BCUT2D eigenvalue weighted by Crippen LogP contribution is -2.08. The Hall–Kier alpha value is -0.780. The fourth-order valence-electron chi connectivity index (χ4n) is 3.66. The van der Waals surface area contributed by atoms with Crippen molar-refractivity contribution in [2.24, 2.45) is 5.92 Å². The molecule has 0 heterocycles. The molecule has 0 heteroatoms. The number of allylic oxidation sites excluding steroid dienone is 5. The highest BCUT2D eigenvalue weighted by molar-refractivity contribution is 5.50. The van der Waals surface area contributed by atoms with Crippen LogP contribution < -0.4 is 0 Å². The molecule has 15 heavy (non-hydrogen) atoms. The third kappa shape index (κ3) is 1.42. The lowest BCUT2D eigenvalue weighted by molar-refractivity contribution is 0.578. The van der Waals surface area contributed by atoms with E-state index in [1.54, 1.807) is 22.3 Å². The van der Waals surface area contributed by atoms with E-state index in [4.69, 9.17) is 0 Å². The molecule has 1 unspecified atom stereocenters. The van der Waals surface area contributed by atoms with Gasteiger partial charge >= 0.3 is 0 Å². The highest BCUT2D eigenvalue weighted by Crippen LogP contribution is 2.48. The zero-order valence-corrected chi connectivity index (χ0v) is 9.52. The van der Waals surface area contributed by atoms with Gasteiger partial charge in [-0.3, -0.25) is 0 Å². The van der Waals surface area contributed by atoms with Gasteiger partial charge in [0.05, 0.1) is 0 Å². The van der Waals surface area contributed by atoms with E-state index in [0.29, 0.717) is 5.92 Å². The molecule has 0 saturated carbocycles. The van der Waals surface area contributed by atoms with Gasteiger partial charge in [0.2, 0.25) is 0 Å². The van der Waals surface area contributed by atoms with Gasteiger partial charge in [-0.15, -0.1) is 6.58 Å². The second kappa shape index (κ2) is 3.66. The Balaban J connectivity index is 1.96. The number of fused-ring (bicyclic) bond motifs is 1. The normalized spacial score (nSPS) is 30.3. The predicted molar refractivity (Wildman–Crippen MR) is 64.7 cm³/mol. The number of hydrogen-bond acceptors (Lipinski definition) is 0. The van der Waals surface area contributed by atoms with Gasteiger partial charge in [0, 0.05) is 0 Å². The molecular formula is C15H20. The van der Waals surface area contributed by atoms with E-state index >= 15 is 0 Å². The molecule has 0 aliphatic heterocycles. The first-order valence-corrected chi connectivity index (χ1v) is 6.46. The monoisotopic (exact) mass is 200 g/mol. The van der Waals surface area contributed by atoms with Gasteiger partial charge in [-0.05, 0) is 68.4 Å². The summed E-state index contributed by atoms with van der Waals surface area (Å²) < 4.78 is 0. The summed E-state index contributed by atoms with van der Waals surface area (Å²) in [5.41, 5.74) is 7.09. The van der Waals surface area contributed by atoms with Gasteiger partial charge in [0.15, 0.2) is 0 Å². The molecule has 0 aromatic carbocycles. The van der Waals surface area contributed by atoms with Crippen molar-refractivity contribution in [2.45, 2.75) is 51.4 Å². The molecule has 3 aliphatic rings. The van der Waals surface area contributed by atoms with Crippen molar-refractivity contribution in [3.63, 3.8) is 0 Å². The van der Waals surface area contributed by atoms with E-state index in [1.807, 2.05) is 0 Å². The summed E-state index contributed by atoms with van der Waals surface area (Å²) in [5, 5.41) is 0. The predicted octanol–water partition coefficient (Wildman–Crippen LogP) is 4.54. The van der Waals surface area contributed by atoms with Gasteiger partial charge in [0.25, 0.3) is 0 Å². The first-order valence-electron chi connectivity index (χ1n) is 6.46. The molecule has 0 nitrogen and oxygen atoms in total. The fourth-order valence-corrected chi connectivity index (χ4v) is 3.66. The van der Waals surface area contributed by atoms with Crippen LogP contribution in [0.3, 0.4) is 0 Å². The molecule has 80 valence electrons. The molecule has 0 N–H and O–H groups in total. The summed E-state index contributed by atoms with van der Waals surface area (Å²) in [6.07, 6.45) is 13.2. The molecule has 0 radical (unpaired) electrons. The Kier molecular flexibility index (Phi) is 2.31. The lowest BCUT2D eigenvalue weighted by atomic mass is 9.82. The standard InChI is InChI=1S/C15H20/c1-2-11-7-5-9-14-13-8-4-3-6-12(13)10-15(11)14/h2,11H,1,3-10H2. The maximum Gasteiger partial charge on any atom is -0.00167 e. The highest BCUT2D eigenvalue weighted by atomic mass is 14.4. The first-order chi connectivity index (χ1) is 7.40. The molecule has 0 amide bonds. The largest absolute Gasteiger partial charge is 0.102 e. The van der Waals surface area contributed by atoms with Crippen LogP contribution in [0.2, 0.25) is 0 Å². The lowest BCUT2D eigenvalue weighted by Gasteiger charge is -2.23. The van der Waals surface area contributed by atoms with E-state index in [1.165, 1.54) is 51.4 Å². The van der Waals surface area contributed by atoms with Crippen molar-refractivity contribution in [3.05, 3.63) is 34.9 Å². The third-order valence-corrected chi connectivity index (χ3v) is 4.41. The molecule has 0 bridgehead atoms. The zero-order valence-electron chi connectivity index (χ0n) is 9.52. The minimum Gasteiger partial charge on any atom is -0.102 e. The summed E-state index contributed by atoms with van der Waals surface area (Å²) in [5.74, 6) is 0.708. The van der Waals surface area contributed by atoms with Gasteiger partial charge in [-0.1, -0.05) is 17.2 Å². The smallest absolute Gasteiger partial charge is 0.00167 e. The first kappa shape index (κ1) is 9.45. The summed E-state index contributed by atoms with van der Waals surface area (Å²) in [4.78, 5) is 0. The van der Waals surface area contributed by atoms with Crippen molar-refractivity contribution in [2.75, 3.05) is 0 Å². The summed E-state index contributed by atoms with van der Waals surface area (Å²) in [7, 11) is 0. The van der Waals surface area contributed by atoms with Crippen LogP contribution in [-0.4, -0.2) is 0 Å². The van der Waals surface area contributed by atoms with E-state index in [2.05, 4.69) is 12.7 Å². The quantitative estimate of drug-likeness (QED) is 0.545. The fraction of sp³-hybridized carbons (Fsp3) is 0.600. The Morgan fingerprint density at radius 2 is 1.80 bits per heavy atom. The van der Waals surface area contributed by atoms with Crippen LogP contribution in [0.1, 0.15) is 51.4 Å². The van der Waals surface area contributed by atoms with Gasteiger partial charge in [-0.2, -0.15) is 0 Å². The summed E-state index contributed by atoms with van der Waals surface area (Å²) in [6.45, 7) is 4.01. The van der Waals surface area contributed by atoms with Crippen molar-refractivity contribution in [3.8, 4) is 0 Å². The molecular weight excluding hydrogens is 180 g/mol. The molecule has 0 saturated heterocycles. The maximum absolute atomic E-state index is 4.01. The molecule has 0 aromatic rings. The van der Waals surface area contributed by atoms with Gasteiger partial charge in [0.1, 0.15) is 0 Å². The van der Waals surface area contributed by atoms with Crippen LogP contribution in [0, 0.1) is 5.92 Å². The van der Waals surface area contributed by atoms with Crippen molar-refractivity contribution in [1.29, 1.82) is 0 Å². The summed E-state index contributed by atoms with van der Waals surface area (Å²) >= 11 is 0. The Labute approximate surface area is 92.8 Å². The second-order valence-corrected chi connectivity index (χ2v) is 5.20. The van der Waals surface area contributed by atoms with Crippen molar-refractivity contribution >= 4 is 0 Å². The summed E-state index contributed by atoms with van der Waals surface area (Å²) in [6, 6.07) is 0. The average molecular weight is 200 g/mol. The molecule has 0 spiro atoms. The third-order valence-electron chi connectivity index (χ3n) is 4.41.